The first-order chi connectivity index (χ1) is 29.1. The summed E-state index contributed by atoms with van der Waals surface area (Å²) >= 11 is 0. The molecule has 2 heterocycles. The molecule has 0 spiro atoms. The summed E-state index contributed by atoms with van der Waals surface area (Å²) in [6.07, 6.45) is 7.02. The number of cyclic esters (lactones) is 2. The molecule has 2 aliphatic rings. The fourth-order valence-corrected chi connectivity index (χ4v) is 10.3. The normalized spacial score (nSPS) is 14.3. The van der Waals surface area contributed by atoms with Crippen molar-refractivity contribution < 1.29 is 56.9 Å². The Hall–Kier alpha value is -3.10. The molecule has 62 heavy (non-hydrogen) atoms. The first kappa shape index (κ1) is 53.2. The Morgan fingerprint density at radius 3 is 1.69 bits per heavy atom. The van der Waals surface area contributed by atoms with Crippen molar-refractivity contribution in [2.24, 2.45) is 0 Å². The van der Waals surface area contributed by atoms with Crippen LogP contribution >= 0.6 is 15.2 Å². The summed E-state index contributed by atoms with van der Waals surface area (Å²) in [6.45, 7) is 26.6. The standard InChI is InChI=1S/C27H46NO6PSi.C18H26NO6P/c1-9-22-21(5)24-19-32-27(29)25(24)26(31-15-17-36(6,7)8)23(22)13-12-20(4)18-28-14-16-35(30,33-10-2)34-11-3;1-4-13-12(3)15-10-25-18(21)16(15)17(20)14(13)6-5-11(2)9-19-7-8-26(22,23)24/h12,28H,9-11,13-19H2,1-8H3;5,19-20H,4,6-10H2,1-3H3,(H2,22,23,24)/b20-12+;11-5+. The van der Waals surface area contributed by atoms with Gasteiger partial charge in [-0.3, -0.25) is 9.13 Å². The van der Waals surface area contributed by atoms with Crippen molar-refractivity contribution in [1.29, 1.82) is 0 Å². The molecular weight excluding hydrogens is 851 g/mol. The number of rotatable bonds is 24. The number of esters is 2. The van der Waals surface area contributed by atoms with Gasteiger partial charge < -0.3 is 48.8 Å². The lowest BCUT2D eigenvalue weighted by atomic mass is 9.89. The number of aromatic hydroxyl groups is 1. The van der Waals surface area contributed by atoms with Crippen molar-refractivity contribution in [3.05, 3.63) is 78.9 Å². The molecule has 14 nitrogen and oxygen atoms in total. The Kier molecular flexibility index (Phi) is 20.8. The Morgan fingerprint density at radius 1 is 0.742 bits per heavy atom. The van der Waals surface area contributed by atoms with Crippen LogP contribution in [0.3, 0.4) is 0 Å². The minimum Gasteiger partial charge on any atom is -0.507 e. The molecule has 348 valence electrons. The van der Waals surface area contributed by atoms with Crippen LogP contribution in [0.25, 0.3) is 0 Å². The van der Waals surface area contributed by atoms with E-state index in [-0.39, 0.29) is 36.6 Å². The second-order valence-electron chi connectivity index (χ2n) is 17.0. The lowest BCUT2D eigenvalue weighted by molar-refractivity contribution is 0.0523. The number of phenolic OH excluding ortho intramolecular Hbond substituents is 1. The third-order valence-corrected chi connectivity index (χ3v) is 15.6. The van der Waals surface area contributed by atoms with Crippen LogP contribution < -0.4 is 15.4 Å². The highest BCUT2D eigenvalue weighted by Gasteiger charge is 2.33. The number of hydrogen-bond donors (Lipinski definition) is 5. The SMILES string of the molecule is CCOP(=O)(CCNC/C(C)=C/Cc1c(CC)c(C)c2c(c1OCC[Si](C)(C)C)C(=O)OC2)OCC.CCc1c(C)c2c(c(O)c1C/C=C(\C)CNCCP(=O)(O)O)C(=O)OC2. The summed E-state index contributed by atoms with van der Waals surface area (Å²) in [5, 5.41) is 16.9. The van der Waals surface area contributed by atoms with Gasteiger partial charge in [-0.05, 0) is 95.5 Å². The molecule has 0 bridgehead atoms. The number of benzene rings is 2. The van der Waals surface area contributed by atoms with Gasteiger partial charge in [0.2, 0.25) is 0 Å². The fourth-order valence-electron chi connectivity index (χ4n) is 7.55. The van der Waals surface area contributed by atoms with E-state index < -0.39 is 29.2 Å². The molecule has 17 heteroatoms. The van der Waals surface area contributed by atoms with E-state index in [9.17, 15) is 23.8 Å². The van der Waals surface area contributed by atoms with Crippen molar-refractivity contribution in [3.8, 4) is 11.5 Å². The minimum absolute atomic E-state index is 0.00320. The summed E-state index contributed by atoms with van der Waals surface area (Å²) in [7, 11) is -8.31. The largest absolute Gasteiger partial charge is 0.507 e. The molecule has 0 radical (unpaired) electrons. The molecule has 2 aromatic rings. The number of hydrogen-bond acceptors (Lipinski definition) is 12. The molecule has 2 aromatic carbocycles. The number of ether oxygens (including phenoxy) is 3. The van der Waals surface area contributed by atoms with Crippen LogP contribution in [0.4, 0.5) is 0 Å². The van der Waals surface area contributed by atoms with E-state index in [0.29, 0.717) is 76.4 Å². The van der Waals surface area contributed by atoms with Crippen LogP contribution in [0.2, 0.25) is 25.7 Å². The molecule has 0 fully saturated rings. The molecule has 0 saturated heterocycles. The molecular formula is C45H72N2O12P2Si. The third kappa shape index (κ3) is 15.3. The Bertz CT molecular complexity index is 2040. The van der Waals surface area contributed by atoms with Gasteiger partial charge in [0.15, 0.2) is 0 Å². The highest BCUT2D eigenvalue weighted by atomic mass is 31.2. The summed E-state index contributed by atoms with van der Waals surface area (Å²) in [5.74, 6) is -0.0530. The molecule has 0 unspecified atom stereocenters. The second kappa shape index (κ2) is 24.3. The van der Waals surface area contributed by atoms with E-state index in [2.05, 4.69) is 57.1 Å². The van der Waals surface area contributed by atoms with Crippen molar-refractivity contribution in [2.45, 2.75) is 120 Å². The predicted octanol–water partition coefficient (Wildman–Crippen LogP) is 8.48. The van der Waals surface area contributed by atoms with Crippen LogP contribution in [0, 0.1) is 13.8 Å². The van der Waals surface area contributed by atoms with Gasteiger partial charge in [0, 0.05) is 56.5 Å². The van der Waals surface area contributed by atoms with Gasteiger partial charge in [0.1, 0.15) is 35.8 Å². The summed E-state index contributed by atoms with van der Waals surface area (Å²) in [6, 6.07) is 1.03. The second-order valence-corrected chi connectivity index (χ2v) is 26.6. The first-order valence-corrected chi connectivity index (χ1v) is 29.0. The molecule has 0 aliphatic carbocycles. The maximum atomic E-state index is 12.7. The van der Waals surface area contributed by atoms with E-state index in [4.69, 9.17) is 33.0 Å². The molecule has 0 aromatic heterocycles. The van der Waals surface area contributed by atoms with Crippen molar-refractivity contribution in [3.63, 3.8) is 0 Å². The number of nitrogens with one attached hydrogen (secondary N) is 2. The Balaban J connectivity index is 0.000000348. The van der Waals surface area contributed by atoms with Gasteiger partial charge in [-0.25, -0.2) is 9.59 Å². The van der Waals surface area contributed by atoms with Crippen LogP contribution in [0.15, 0.2) is 23.3 Å². The number of carbonyl (C=O) groups is 2. The summed E-state index contributed by atoms with van der Waals surface area (Å²) < 4.78 is 51.0. The van der Waals surface area contributed by atoms with Crippen molar-refractivity contribution in [2.75, 3.05) is 58.3 Å². The first-order valence-electron chi connectivity index (χ1n) is 21.8. The van der Waals surface area contributed by atoms with Crippen LogP contribution in [0.1, 0.15) is 107 Å². The van der Waals surface area contributed by atoms with Crippen LogP contribution in [-0.2, 0) is 66.5 Å². The average molecular weight is 923 g/mol. The molecule has 0 amide bonds. The van der Waals surface area contributed by atoms with E-state index >= 15 is 0 Å². The van der Waals surface area contributed by atoms with Gasteiger partial charge >= 0.3 is 27.1 Å². The van der Waals surface area contributed by atoms with Crippen LogP contribution in [0.5, 0.6) is 11.5 Å². The van der Waals surface area contributed by atoms with Gasteiger partial charge in [-0.2, -0.15) is 0 Å². The Labute approximate surface area is 370 Å². The van der Waals surface area contributed by atoms with Gasteiger partial charge in [-0.15, -0.1) is 0 Å². The highest BCUT2D eigenvalue weighted by molar-refractivity contribution is 7.53. The minimum atomic E-state index is -3.98. The number of phenols is 1. The van der Waals surface area contributed by atoms with Gasteiger partial charge in [-0.1, -0.05) is 56.8 Å². The van der Waals surface area contributed by atoms with Crippen molar-refractivity contribution in [1.82, 2.24) is 10.6 Å². The molecule has 2 aliphatic heterocycles. The molecule has 4 rings (SSSR count). The number of carbonyl (C=O) groups excluding carboxylic acids is 2. The molecule has 5 N–H and O–H groups in total. The lowest BCUT2D eigenvalue weighted by Crippen LogP contribution is -2.23. The Morgan fingerprint density at radius 2 is 1.21 bits per heavy atom. The van der Waals surface area contributed by atoms with E-state index in [1.165, 1.54) is 5.56 Å². The van der Waals surface area contributed by atoms with E-state index in [1.54, 1.807) is 0 Å². The summed E-state index contributed by atoms with van der Waals surface area (Å²) in [4.78, 5) is 42.3. The molecule has 0 atom stereocenters. The topological polar surface area (TPSA) is 199 Å². The van der Waals surface area contributed by atoms with E-state index in [1.807, 2.05) is 40.7 Å². The number of allylic oxidation sites excluding steroid dienone is 2. The monoisotopic (exact) mass is 922 g/mol. The maximum absolute atomic E-state index is 12.7. The smallest absolute Gasteiger partial charge is 0.342 e. The zero-order valence-electron chi connectivity index (χ0n) is 38.9. The van der Waals surface area contributed by atoms with Crippen LogP contribution in [-0.4, -0.2) is 93.2 Å². The lowest BCUT2D eigenvalue weighted by Gasteiger charge is -2.22. The maximum Gasteiger partial charge on any atom is 0.342 e. The zero-order chi connectivity index (χ0) is 46.4. The average Bonchev–Trinajstić information content (AvgIpc) is 3.78. The fraction of sp³-hybridized carbons (Fsp3) is 0.600. The van der Waals surface area contributed by atoms with Gasteiger partial charge in [0.25, 0.3) is 0 Å². The van der Waals surface area contributed by atoms with Gasteiger partial charge in [0.05, 0.1) is 32.1 Å². The van der Waals surface area contributed by atoms with E-state index in [0.717, 1.165) is 69.0 Å². The third-order valence-electron chi connectivity index (χ3n) is 11.0. The highest BCUT2D eigenvalue weighted by Crippen LogP contribution is 2.47. The van der Waals surface area contributed by atoms with Crippen molar-refractivity contribution >= 4 is 35.2 Å². The number of fused-ring (bicyclic) bond motifs is 2. The summed E-state index contributed by atoms with van der Waals surface area (Å²) in [5.41, 5.74) is 11.0. The quantitative estimate of drug-likeness (QED) is 0.0221. The predicted molar refractivity (Wildman–Crippen MR) is 248 cm³/mol. The zero-order valence-corrected chi connectivity index (χ0v) is 41.7. The molecule has 0 saturated carbocycles.